The standard InChI is InChI=1S/C23H29F4N3O/c1-15(2)11-16-13-22(30-9-7-18(24)8-10-30)17(12-21(16)28)14-29-19-3-5-20(6-4-19)31-23(25,26)27/h3-6,12-13,15,18,29H,7-11,14,28H2,1-2H3. The number of nitrogens with zero attached hydrogens (tertiary/aromatic N) is 1. The van der Waals surface area contributed by atoms with Gasteiger partial charge in [0.05, 0.1) is 0 Å². The largest absolute Gasteiger partial charge is 0.573 e. The first kappa shape index (κ1) is 23.0. The molecule has 3 N–H and O–H groups in total. The van der Waals surface area contributed by atoms with E-state index in [4.69, 9.17) is 5.73 Å². The third kappa shape index (κ3) is 6.67. The lowest BCUT2D eigenvalue weighted by Crippen LogP contribution is -2.35. The van der Waals surface area contributed by atoms with Gasteiger partial charge in [0, 0.05) is 36.7 Å². The maximum atomic E-state index is 13.7. The molecule has 0 aliphatic carbocycles. The van der Waals surface area contributed by atoms with Gasteiger partial charge >= 0.3 is 6.36 Å². The molecular formula is C23H29F4N3O. The van der Waals surface area contributed by atoms with Crippen molar-refractivity contribution in [1.82, 2.24) is 0 Å². The van der Waals surface area contributed by atoms with Crippen molar-refractivity contribution >= 4 is 17.1 Å². The van der Waals surface area contributed by atoms with Crippen LogP contribution in [0, 0.1) is 5.92 Å². The Hall–Kier alpha value is -2.64. The second kappa shape index (κ2) is 9.66. The number of hydrogen-bond donors (Lipinski definition) is 2. The van der Waals surface area contributed by atoms with Crippen molar-refractivity contribution in [3.8, 4) is 5.75 Å². The fraction of sp³-hybridized carbons (Fsp3) is 0.478. The molecular weight excluding hydrogens is 410 g/mol. The Morgan fingerprint density at radius 3 is 2.32 bits per heavy atom. The first-order valence-corrected chi connectivity index (χ1v) is 10.5. The number of hydrogen-bond acceptors (Lipinski definition) is 4. The first-order valence-electron chi connectivity index (χ1n) is 10.5. The van der Waals surface area contributed by atoms with Gasteiger partial charge in [0.15, 0.2) is 0 Å². The molecule has 1 aliphatic heterocycles. The Morgan fingerprint density at radius 1 is 1.10 bits per heavy atom. The van der Waals surface area contributed by atoms with E-state index < -0.39 is 12.5 Å². The maximum Gasteiger partial charge on any atom is 0.573 e. The zero-order chi connectivity index (χ0) is 22.6. The summed E-state index contributed by atoms with van der Waals surface area (Å²) in [6, 6.07) is 9.65. The summed E-state index contributed by atoms with van der Waals surface area (Å²) in [7, 11) is 0. The molecule has 1 heterocycles. The van der Waals surface area contributed by atoms with E-state index in [1.807, 2.05) is 6.07 Å². The Balaban J connectivity index is 1.78. The van der Waals surface area contributed by atoms with Crippen LogP contribution in [0.25, 0.3) is 0 Å². The average Bonchev–Trinajstić information content (AvgIpc) is 2.68. The molecule has 0 unspecified atom stereocenters. The van der Waals surface area contributed by atoms with Gasteiger partial charge in [0.25, 0.3) is 0 Å². The minimum Gasteiger partial charge on any atom is -0.406 e. The number of alkyl halides is 4. The molecule has 1 fully saturated rings. The molecule has 0 amide bonds. The summed E-state index contributed by atoms with van der Waals surface area (Å²) >= 11 is 0. The Labute approximate surface area is 180 Å². The van der Waals surface area contributed by atoms with Crippen LogP contribution in [0.15, 0.2) is 36.4 Å². The van der Waals surface area contributed by atoms with Crippen LogP contribution in [0.4, 0.5) is 34.6 Å². The van der Waals surface area contributed by atoms with Gasteiger partial charge in [-0.1, -0.05) is 13.8 Å². The summed E-state index contributed by atoms with van der Waals surface area (Å²) < 4.78 is 54.5. The molecule has 2 aromatic carbocycles. The number of halogens is 4. The van der Waals surface area contributed by atoms with E-state index in [9.17, 15) is 17.6 Å². The molecule has 170 valence electrons. The van der Waals surface area contributed by atoms with Crippen LogP contribution < -0.4 is 20.7 Å². The van der Waals surface area contributed by atoms with E-state index in [0.29, 0.717) is 49.8 Å². The summed E-state index contributed by atoms with van der Waals surface area (Å²) in [6.45, 7) is 5.99. The van der Waals surface area contributed by atoms with Gasteiger partial charge in [-0.3, -0.25) is 0 Å². The topological polar surface area (TPSA) is 50.5 Å². The lowest BCUT2D eigenvalue weighted by Gasteiger charge is -2.33. The third-order valence-electron chi connectivity index (χ3n) is 5.30. The fourth-order valence-corrected chi connectivity index (χ4v) is 3.81. The minimum atomic E-state index is -4.72. The quantitative estimate of drug-likeness (QED) is 0.416. The highest BCUT2D eigenvalue weighted by Gasteiger charge is 2.31. The number of nitrogen functional groups attached to an aromatic ring is 1. The number of anilines is 3. The Morgan fingerprint density at radius 2 is 1.74 bits per heavy atom. The second-order valence-electron chi connectivity index (χ2n) is 8.37. The molecule has 0 atom stereocenters. The zero-order valence-electron chi connectivity index (χ0n) is 17.8. The van der Waals surface area contributed by atoms with Gasteiger partial charge in [0.2, 0.25) is 0 Å². The number of ether oxygens (including phenoxy) is 1. The van der Waals surface area contributed by atoms with E-state index in [-0.39, 0.29) is 5.75 Å². The lowest BCUT2D eigenvalue weighted by atomic mass is 9.97. The molecule has 0 saturated carbocycles. The molecule has 3 rings (SSSR count). The summed E-state index contributed by atoms with van der Waals surface area (Å²) in [4.78, 5) is 2.19. The molecule has 1 saturated heterocycles. The van der Waals surface area contributed by atoms with Crippen LogP contribution in [0.2, 0.25) is 0 Å². The van der Waals surface area contributed by atoms with E-state index in [2.05, 4.69) is 34.9 Å². The van der Waals surface area contributed by atoms with E-state index in [0.717, 1.165) is 23.2 Å². The second-order valence-corrected chi connectivity index (χ2v) is 8.37. The molecule has 0 aromatic heterocycles. The molecule has 0 bridgehead atoms. The molecule has 0 spiro atoms. The normalized spacial score (nSPS) is 15.4. The highest BCUT2D eigenvalue weighted by Crippen LogP contribution is 2.32. The van der Waals surface area contributed by atoms with Gasteiger partial charge in [-0.15, -0.1) is 13.2 Å². The van der Waals surface area contributed by atoms with Crippen LogP contribution in [-0.2, 0) is 13.0 Å². The van der Waals surface area contributed by atoms with E-state index in [1.54, 1.807) is 0 Å². The maximum absolute atomic E-state index is 13.7. The van der Waals surface area contributed by atoms with Crippen LogP contribution in [0.3, 0.4) is 0 Å². The number of nitrogens with two attached hydrogens (primary N) is 1. The summed E-state index contributed by atoms with van der Waals surface area (Å²) in [5.74, 6) is 0.184. The monoisotopic (exact) mass is 439 g/mol. The molecule has 8 heteroatoms. The Bertz CT molecular complexity index is 860. The number of rotatable bonds is 7. The molecule has 1 aliphatic rings. The van der Waals surface area contributed by atoms with Gasteiger partial charge in [0.1, 0.15) is 11.9 Å². The van der Waals surface area contributed by atoms with Crippen molar-refractivity contribution in [3.63, 3.8) is 0 Å². The predicted octanol–water partition coefficient (Wildman–Crippen LogP) is 5.92. The molecule has 0 radical (unpaired) electrons. The number of nitrogens with one attached hydrogen (secondary N) is 1. The first-order chi connectivity index (χ1) is 14.6. The highest BCUT2D eigenvalue weighted by atomic mass is 19.4. The van der Waals surface area contributed by atoms with Crippen LogP contribution in [0.1, 0.15) is 37.8 Å². The number of piperidine rings is 1. The van der Waals surface area contributed by atoms with Gasteiger partial charge in [-0.05, 0) is 72.7 Å². The van der Waals surface area contributed by atoms with Crippen molar-refractivity contribution in [2.24, 2.45) is 5.92 Å². The summed E-state index contributed by atoms with van der Waals surface area (Å²) in [6.07, 6.45) is -3.63. The van der Waals surface area contributed by atoms with Crippen molar-refractivity contribution in [2.45, 2.75) is 52.2 Å². The van der Waals surface area contributed by atoms with E-state index >= 15 is 0 Å². The van der Waals surface area contributed by atoms with Crippen LogP contribution in [0.5, 0.6) is 5.75 Å². The number of benzene rings is 2. The SMILES string of the molecule is CC(C)Cc1cc(N2CCC(F)CC2)c(CNc2ccc(OC(F)(F)F)cc2)cc1N. The zero-order valence-corrected chi connectivity index (χ0v) is 17.8. The van der Waals surface area contributed by atoms with Gasteiger partial charge < -0.3 is 20.7 Å². The summed E-state index contributed by atoms with van der Waals surface area (Å²) in [5, 5.41) is 3.23. The fourth-order valence-electron chi connectivity index (χ4n) is 3.81. The Kier molecular flexibility index (Phi) is 7.18. The van der Waals surface area contributed by atoms with Crippen molar-refractivity contribution in [3.05, 3.63) is 47.5 Å². The van der Waals surface area contributed by atoms with Crippen molar-refractivity contribution < 1.29 is 22.3 Å². The van der Waals surface area contributed by atoms with Gasteiger partial charge in [-0.2, -0.15) is 0 Å². The molecule has 4 nitrogen and oxygen atoms in total. The molecule has 2 aromatic rings. The average molecular weight is 439 g/mol. The smallest absolute Gasteiger partial charge is 0.406 e. The lowest BCUT2D eigenvalue weighted by molar-refractivity contribution is -0.274. The van der Waals surface area contributed by atoms with Crippen molar-refractivity contribution in [2.75, 3.05) is 29.0 Å². The van der Waals surface area contributed by atoms with Crippen LogP contribution >= 0.6 is 0 Å². The highest BCUT2D eigenvalue weighted by molar-refractivity contribution is 5.65. The summed E-state index contributed by atoms with van der Waals surface area (Å²) in [5.41, 5.74) is 10.8. The third-order valence-corrected chi connectivity index (χ3v) is 5.30. The minimum absolute atomic E-state index is 0.268. The molecule has 31 heavy (non-hydrogen) atoms. The van der Waals surface area contributed by atoms with Crippen molar-refractivity contribution in [1.29, 1.82) is 0 Å². The van der Waals surface area contributed by atoms with Gasteiger partial charge in [-0.25, -0.2) is 4.39 Å². The predicted molar refractivity (Wildman–Crippen MR) is 116 cm³/mol. The van der Waals surface area contributed by atoms with Crippen LogP contribution in [-0.4, -0.2) is 25.6 Å². The van der Waals surface area contributed by atoms with E-state index in [1.165, 1.54) is 24.3 Å².